The van der Waals surface area contributed by atoms with Gasteiger partial charge in [-0.1, -0.05) is 50.2 Å². The molecule has 0 bridgehead atoms. The third kappa shape index (κ3) is 2.24. The lowest BCUT2D eigenvalue weighted by Crippen LogP contribution is -2.35. The summed E-state index contributed by atoms with van der Waals surface area (Å²) in [5.74, 6) is 0.574. The number of carbonyl (C=O) groups is 1. The van der Waals surface area contributed by atoms with Crippen LogP contribution in [0.5, 0.6) is 0 Å². The number of nitrogens with one attached hydrogen (secondary N) is 1. The predicted octanol–water partition coefficient (Wildman–Crippen LogP) is 3.78. The molecule has 3 nitrogen and oxygen atoms in total. The summed E-state index contributed by atoms with van der Waals surface area (Å²) in [6.07, 6.45) is 1.02. The number of urea groups is 1. The van der Waals surface area contributed by atoms with E-state index in [1.165, 1.54) is 5.39 Å². The molecule has 2 aromatic rings. The summed E-state index contributed by atoms with van der Waals surface area (Å²) in [4.78, 5) is 14.2. The maximum absolute atomic E-state index is 12.2. The average Bonchev–Trinajstić information content (AvgIpc) is 2.78. The number of hydrogen-bond donors (Lipinski definition) is 1. The highest BCUT2D eigenvalue weighted by molar-refractivity contribution is 6.04. The van der Waals surface area contributed by atoms with Gasteiger partial charge < -0.3 is 5.32 Å². The highest BCUT2D eigenvalue weighted by Gasteiger charge is 2.32. The molecular formula is C17H20N2O. The fourth-order valence-corrected chi connectivity index (χ4v) is 3.00. The molecule has 1 fully saturated rings. The number of nitrogens with zero attached hydrogens (tertiary/aromatic N) is 1. The molecule has 1 heterocycles. The summed E-state index contributed by atoms with van der Waals surface area (Å²) >= 11 is 0. The van der Waals surface area contributed by atoms with Crippen molar-refractivity contribution in [2.45, 2.75) is 26.3 Å². The first-order chi connectivity index (χ1) is 9.66. The fourth-order valence-electron chi connectivity index (χ4n) is 3.00. The molecule has 104 valence electrons. The van der Waals surface area contributed by atoms with Crippen molar-refractivity contribution >= 4 is 22.5 Å². The lowest BCUT2D eigenvalue weighted by atomic mass is 10.0. The van der Waals surface area contributed by atoms with Crippen LogP contribution in [-0.2, 0) is 0 Å². The number of benzene rings is 2. The Hall–Kier alpha value is -2.03. The third-order valence-corrected chi connectivity index (χ3v) is 3.84. The molecule has 0 spiro atoms. The maximum atomic E-state index is 12.2. The number of amides is 2. The summed E-state index contributed by atoms with van der Waals surface area (Å²) in [6.45, 7) is 5.13. The topological polar surface area (TPSA) is 32.3 Å². The number of carbonyl (C=O) groups excluding carboxylic acids is 1. The molecule has 1 saturated heterocycles. The van der Waals surface area contributed by atoms with Crippen LogP contribution in [0.4, 0.5) is 10.5 Å². The van der Waals surface area contributed by atoms with Gasteiger partial charge in [0, 0.05) is 11.9 Å². The monoisotopic (exact) mass is 268 g/mol. The Morgan fingerprint density at radius 1 is 1.20 bits per heavy atom. The molecule has 0 aliphatic carbocycles. The van der Waals surface area contributed by atoms with Crippen molar-refractivity contribution in [3.63, 3.8) is 0 Å². The van der Waals surface area contributed by atoms with Gasteiger partial charge in [-0.3, -0.25) is 4.90 Å². The van der Waals surface area contributed by atoms with Gasteiger partial charge in [0.05, 0.1) is 11.7 Å². The third-order valence-electron chi connectivity index (χ3n) is 3.84. The first-order valence-electron chi connectivity index (χ1n) is 7.21. The van der Waals surface area contributed by atoms with Crippen molar-refractivity contribution in [3.8, 4) is 0 Å². The maximum Gasteiger partial charge on any atom is 0.322 e. The SMILES string of the molecule is CC(C)CC1CNC(=O)N1c1cccc2ccccc12. The summed E-state index contributed by atoms with van der Waals surface area (Å²) in [7, 11) is 0. The van der Waals surface area contributed by atoms with E-state index in [0.717, 1.165) is 24.0 Å². The van der Waals surface area contributed by atoms with Gasteiger partial charge in [0.2, 0.25) is 0 Å². The first-order valence-corrected chi connectivity index (χ1v) is 7.21. The average molecular weight is 268 g/mol. The first kappa shape index (κ1) is 13.0. The fraction of sp³-hybridized carbons (Fsp3) is 0.353. The zero-order valence-electron chi connectivity index (χ0n) is 12.0. The van der Waals surface area contributed by atoms with E-state index >= 15 is 0 Å². The molecule has 0 saturated carbocycles. The minimum absolute atomic E-state index is 0.0204. The molecule has 1 aliphatic heterocycles. The van der Waals surface area contributed by atoms with Crippen LogP contribution >= 0.6 is 0 Å². The Morgan fingerprint density at radius 3 is 2.75 bits per heavy atom. The second-order valence-corrected chi connectivity index (χ2v) is 5.84. The minimum atomic E-state index is 0.0204. The minimum Gasteiger partial charge on any atom is -0.336 e. The highest BCUT2D eigenvalue weighted by Crippen LogP contribution is 2.31. The Morgan fingerprint density at radius 2 is 1.95 bits per heavy atom. The van der Waals surface area contributed by atoms with Crippen molar-refractivity contribution in [1.82, 2.24) is 5.32 Å². The number of fused-ring (bicyclic) bond motifs is 1. The van der Waals surface area contributed by atoms with E-state index in [4.69, 9.17) is 0 Å². The second-order valence-electron chi connectivity index (χ2n) is 5.84. The predicted molar refractivity (Wildman–Crippen MR) is 83.1 cm³/mol. The zero-order valence-corrected chi connectivity index (χ0v) is 12.0. The van der Waals surface area contributed by atoms with Crippen LogP contribution in [0.1, 0.15) is 20.3 Å². The lowest BCUT2D eigenvalue weighted by Gasteiger charge is -2.25. The van der Waals surface area contributed by atoms with E-state index in [0.29, 0.717) is 5.92 Å². The zero-order chi connectivity index (χ0) is 14.1. The van der Waals surface area contributed by atoms with Crippen LogP contribution in [0.3, 0.4) is 0 Å². The van der Waals surface area contributed by atoms with E-state index in [9.17, 15) is 4.79 Å². The molecular weight excluding hydrogens is 248 g/mol. The second kappa shape index (κ2) is 5.16. The Labute approximate surface area is 119 Å². The molecule has 2 amide bonds. The van der Waals surface area contributed by atoms with E-state index in [1.54, 1.807) is 0 Å². The smallest absolute Gasteiger partial charge is 0.322 e. The van der Waals surface area contributed by atoms with Crippen molar-refractivity contribution in [1.29, 1.82) is 0 Å². The summed E-state index contributed by atoms with van der Waals surface area (Å²) < 4.78 is 0. The summed E-state index contributed by atoms with van der Waals surface area (Å²) in [5.41, 5.74) is 1.02. The van der Waals surface area contributed by atoms with Crippen LogP contribution in [0.25, 0.3) is 10.8 Å². The molecule has 1 unspecified atom stereocenters. The number of hydrogen-bond acceptors (Lipinski definition) is 1. The van der Waals surface area contributed by atoms with Crippen molar-refractivity contribution in [3.05, 3.63) is 42.5 Å². The van der Waals surface area contributed by atoms with Crippen LogP contribution in [0.2, 0.25) is 0 Å². The van der Waals surface area contributed by atoms with Gasteiger partial charge in [-0.05, 0) is 23.8 Å². The summed E-state index contributed by atoms with van der Waals surface area (Å²) in [6, 6.07) is 14.6. The van der Waals surface area contributed by atoms with E-state index in [2.05, 4.69) is 37.4 Å². The molecule has 0 aromatic heterocycles. The van der Waals surface area contributed by atoms with Gasteiger partial charge in [0.25, 0.3) is 0 Å². The molecule has 0 radical (unpaired) electrons. The molecule has 1 N–H and O–H groups in total. The Bertz CT molecular complexity index is 630. The van der Waals surface area contributed by atoms with Crippen LogP contribution in [0.15, 0.2) is 42.5 Å². The van der Waals surface area contributed by atoms with E-state index < -0.39 is 0 Å². The largest absolute Gasteiger partial charge is 0.336 e. The van der Waals surface area contributed by atoms with Crippen molar-refractivity contribution in [2.75, 3.05) is 11.4 Å². The molecule has 1 aliphatic rings. The molecule has 3 rings (SSSR count). The number of rotatable bonds is 3. The van der Waals surface area contributed by atoms with Gasteiger partial charge >= 0.3 is 6.03 Å². The van der Waals surface area contributed by atoms with Gasteiger partial charge in [-0.15, -0.1) is 0 Å². The number of anilines is 1. The van der Waals surface area contributed by atoms with Crippen molar-refractivity contribution < 1.29 is 4.79 Å². The molecule has 20 heavy (non-hydrogen) atoms. The quantitative estimate of drug-likeness (QED) is 0.902. The van der Waals surface area contributed by atoms with E-state index in [1.807, 2.05) is 29.2 Å². The van der Waals surface area contributed by atoms with Crippen LogP contribution < -0.4 is 10.2 Å². The summed E-state index contributed by atoms with van der Waals surface area (Å²) in [5, 5.41) is 5.29. The van der Waals surface area contributed by atoms with Crippen LogP contribution in [-0.4, -0.2) is 18.6 Å². The normalized spacial score (nSPS) is 18.9. The van der Waals surface area contributed by atoms with Crippen molar-refractivity contribution in [2.24, 2.45) is 5.92 Å². The van der Waals surface area contributed by atoms with Gasteiger partial charge in [-0.25, -0.2) is 4.79 Å². The van der Waals surface area contributed by atoms with E-state index in [-0.39, 0.29) is 12.1 Å². The highest BCUT2D eigenvalue weighted by atomic mass is 16.2. The van der Waals surface area contributed by atoms with Gasteiger partial charge in [0.1, 0.15) is 0 Å². The molecule has 3 heteroatoms. The van der Waals surface area contributed by atoms with Crippen LogP contribution in [0, 0.1) is 5.92 Å². The molecule has 1 atom stereocenters. The van der Waals surface area contributed by atoms with Gasteiger partial charge in [-0.2, -0.15) is 0 Å². The van der Waals surface area contributed by atoms with Gasteiger partial charge in [0.15, 0.2) is 0 Å². The Balaban J connectivity index is 2.06. The Kier molecular flexibility index (Phi) is 3.35. The standard InChI is InChI=1S/C17H20N2O/c1-12(2)10-14-11-18-17(20)19(14)16-9-5-7-13-6-3-4-8-15(13)16/h3-9,12,14H,10-11H2,1-2H3,(H,18,20). The molecule has 2 aromatic carbocycles. The lowest BCUT2D eigenvalue weighted by molar-refractivity contribution is 0.251.